The Bertz CT molecular complexity index is 840. The molecule has 0 aliphatic rings. The van der Waals surface area contributed by atoms with Crippen molar-refractivity contribution in [3.05, 3.63) is 29.3 Å². The molecule has 1 amide bonds. The number of anilines is 1. The number of aromatic nitrogens is 4. The lowest BCUT2D eigenvalue weighted by Crippen LogP contribution is -2.28. The summed E-state index contributed by atoms with van der Waals surface area (Å²) in [7, 11) is 1.40. The summed E-state index contributed by atoms with van der Waals surface area (Å²) in [5, 5.41) is 2.39. The van der Waals surface area contributed by atoms with Crippen molar-refractivity contribution in [2.45, 2.75) is 26.2 Å². The molecule has 0 aliphatic heterocycles. The van der Waals surface area contributed by atoms with E-state index in [1.54, 1.807) is 0 Å². The first-order valence-corrected chi connectivity index (χ1v) is 6.94. The summed E-state index contributed by atoms with van der Waals surface area (Å²) in [5.41, 5.74) is -0.315. The standard InChI is InChI=1S/C14H17N5O5/c1-5-9(24-8(3)21)13(23-4)19-6-15-10-11(19)17-14(16-7(2)20)18-12(10)22/h5-6,9,13H,1H2,2-4H3,(H2,16,17,18,20,22). The number of amides is 1. The number of imidazole rings is 1. The fraction of sp³-hybridized carbons (Fsp3) is 0.357. The number of ether oxygens (including phenoxy) is 2. The molecule has 10 nitrogen and oxygen atoms in total. The fourth-order valence-electron chi connectivity index (χ4n) is 2.16. The Morgan fingerprint density at radius 2 is 2.17 bits per heavy atom. The Morgan fingerprint density at radius 3 is 2.71 bits per heavy atom. The van der Waals surface area contributed by atoms with Crippen LogP contribution in [-0.4, -0.2) is 44.6 Å². The van der Waals surface area contributed by atoms with Crippen LogP contribution in [0.5, 0.6) is 0 Å². The Morgan fingerprint density at radius 1 is 1.46 bits per heavy atom. The van der Waals surface area contributed by atoms with Crippen LogP contribution in [0, 0.1) is 0 Å². The number of fused-ring (bicyclic) bond motifs is 1. The van der Waals surface area contributed by atoms with Gasteiger partial charge in [0, 0.05) is 21.0 Å². The van der Waals surface area contributed by atoms with Crippen molar-refractivity contribution in [3.63, 3.8) is 0 Å². The van der Waals surface area contributed by atoms with E-state index in [1.807, 2.05) is 0 Å². The third-order valence-electron chi connectivity index (χ3n) is 3.06. The molecule has 0 bridgehead atoms. The number of hydrogen-bond donors (Lipinski definition) is 2. The Hall–Kier alpha value is -3.01. The van der Waals surface area contributed by atoms with Gasteiger partial charge in [-0.2, -0.15) is 4.98 Å². The maximum Gasteiger partial charge on any atom is 0.303 e. The van der Waals surface area contributed by atoms with Gasteiger partial charge in [-0.25, -0.2) is 4.98 Å². The van der Waals surface area contributed by atoms with Crippen LogP contribution in [0.25, 0.3) is 11.2 Å². The SMILES string of the molecule is C=CC(OC(C)=O)C(OC)n1cnc2c(=O)[nH]c(NC(C)=O)nc21. The summed E-state index contributed by atoms with van der Waals surface area (Å²) < 4.78 is 11.9. The second kappa shape index (κ2) is 7.04. The lowest BCUT2D eigenvalue weighted by Gasteiger charge is -2.24. The molecule has 0 saturated heterocycles. The van der Waals surface area contributed by atoms with Crippen molar-refractivity contribution in [1.82, 2.24) is 19.5 Å². The lowest BCUT2D eigenvalue weighted by atomic mass is 10.3. The maximum absolute atomic E-state index is 12.1. The predicted molar refractivity (Wildman–Crippen MR) is 84.2 cm³/mol. The zero-order chi connectivity index (χ0) is 17.9. The molecule has 0 spiro atoms. The maximum atomic E-state index is 12.1. The molecule has 10 heteroatoms. The van der Waals surface area contributed by atoms with Gasteiger partial charge in [0.1, 0.15) is 0 Å². The van der Waals surface area contributed by atoms with Gasteiger partial charge in [-0.1, -0.05) is 6.58 Å². The van der Waals surface area contributed by atoms with Crippen LogP contribution in [0.2, 0.25) is 0 Å². The van der Waals surface area contributed by atoms with E-state index >= 15 is 0 Å². The van der Waals surface area contributed by atoms with E-state index in [9.17, 15) is 14.4 Å². The van der Waals surface area contributed by atoms with Crippen molar-refractivity contribution in [2.75, 3.05) is 12.4 Å². The van der Waals surface area contributed by atoms with Crippen LogP contribution >= 0.6 is 0 Å². The largest absolute Gasteiger partial charge is 0.453 e. The van der Waals surface area contributed by atoms with Crippen molar-refractivity contribution in [1.29, 1.82) is 0 Å². The highest BCUT2D eigenvalue weighted by molar-refractivity contribution is 5.87. The molecule has 2 heterocycles. The van der Waals surface area contributed by atoms with Crippen molar-refractivity contribution >= 4 is 29.0 Å². The number of rotatable bonds is 6. The summed E-state index contributed by atoms with van der Waals surface area (Å²) in [6.45, 7) is 6.15. The number of aromatic amines is 1. The second-order valence-corrected chi connectivity index (χ2v) is 4.86. The van der Waals surface area contributed by atoms with Gasteiger partial charge in [0.2, 0.25) is 11.9 Å². The predicted octanol–water partition coefficient (Wildman–Crippen LogP) is 0.341. The summed E-state index contributed by atoms with van der Waals surface area (Å²) in [4.78, 5) is 45.0. The third-order valence-corrected chi connectivity index (χ3v) is 3.06. The van der Waals surface area contributed by atoms with Gasteiger partial charge in [0.05, 0.1) is 6.33 Å². The Kier molecular flexibility index (Phi) is 5.09. The average molecular weight is 335 g/mol. The molecule has 0 saturated carbocycles. The van der Waals surface area contributed by atoms with Gasteiger partial charge >= 0.3 is 5.97 Å². The van der Waals surface area contributed by atoms with E-state index in [-0.39, 0.29) is 17.1 Å². The number of nitrogens with one attached hydrogen (secondary N) is 2. The van der Waals surface area contributed by atoms with Gasteiger partial charge in [0.15, 0.2) is 23.5 Å². The van der Waals surface area contributed by atoms with Crippen LogP contribution in [-0.2, 0) is 19.1 Å². The minimum atomic E-state index is -0.837. The van der Waals surface area contributed by atoms with Gasteiger partial charge in [-0.15, -0.1) is 0 Å². The summed E-state index contributed by atoms with van der Waals surface area (Å²) in [6.07, 6.45) is 1.06. The monoisotopic (exact) mass is 335 g/mol. The quantitative estimate of drug-likeness (QED) is 0.575. The average Bonchev–Trinajstić information content (AvgIpc) is 2.90. The fourth-order valence-corrected chi connectivity index (χ4v) is 2.16. The molecule has 24 heavy (non-hydrogen) atoms. The van der Waals surface area contributed by atoms with E-state index in [1.165, 1.54) is 37.9 Å². The van der Waals surface area contributed by atoms with Gasteiger partial charge in [-0.05, 0) is 6.08 Å². The first-order chi connectivity index (χ1) is 11.4. The van der Waals surface area contributed by atoms with Crippen LogP contribution in [0.1, 0.15) is 20.1 Å². The number of hydrogen-bond acceptors (Lipinski definition) is 7. The van der Waals surface area contributed by atoms with E-state index in [2.05, 4.69) is 26.8 Å². The molecule has 2 rings (SSSR count). The van der Waals surface area contributed by atoms with Crippen LogP contribution in [0.4, 0.5) is 5.95 Å². The van der Waals surface area contributed by atoms with Gasteiger partial charge in [-0.3, -0.25) is 29.3 Å². The molecule has 0 aromatic carbocycles. The molecular formula is C14H17N5O5. The lowest BCUT2D eigenvalue weighted by molar-refractivity contribution is -0.153. The third kappa shape index (κ3) is 3.49. The van der Waals surface area contributed by atoms with E-state index in [0.29, 0.717) is 0 Å². The number of nitrogens with zero attached hydrogens (tertiary/aromatic N) is 3. The van der Waals surface area contributed by atoms with E-state index in [0.717, 1.165) is 0 Å². The summed E-state index contributed by atoms with van der Waals surface area (Å²) in [6, 6.07) is 0. The highest BCUT2D eigenvalue weighted by atomic mass is 16.6. The first-order valence-electron chi connectivity index (χ1n) is 6.94. The van der Waals surface area contributed by atoms with E-state index in [4.69, 9.17) is 9.47 Å². The summed E-state index contributed by atoms with van der Waals surface area (Å²) >= 11 is 0. The van der Waals surface area contributed by atoms with Gasteiger partial charge < -0.3 is 9.47 Å². The summed E-state index contributed by atoms with van der Waals surface area (Å²) in [5.74, 6) is -0.939. The second-order valence-electron chi connectivity index (χ2n) is 4.86. The molecule has 2 aromatic rings. The van der Waals surface area contributed by atoms with Crippen molar-refractivity contribution in [2.24, 2.45) is 0 Å². The highest BCUT2D eigenvalue weighted by Gasteiger charge is 2.26. The zero-order valence-electron chi connectivity index (χ0n) is 13.4. The highest BCUT2D eigenvalue weighted by Crippen LogP contribution is 2.21. The number of esters is 1. The normalized spacial score (nSPS) is 13.3. The van der Waals surface area contributed by atoms with Crippen LogP contribution in [0.3, 0.4) is 0 Å². The Balaban J connectivity index is 2.55. The zero-order valence-corrected chi connectivity index (χ0v) is 13.4. The molecule has 0 fully saturated rings. The van der Waals surface area contributed by atoms with Crippen LogP contribution < -0.4 is 10.9 Å². The number of carbonyl (C=O) groups is 2. The minimum absolute atomic E-state index is 0.0285. The van der Waals surface area contributed by atoms with Crippen molar-refractivity contribution < 1.29 is 19.1 Å². The van der Waals surface area contributed by atoms with Gasteiger partial charge in [0.25, 0.3) is 5.56 Å². The molecule has 2 unspecified atom stereocenters. The Labute approximate surface area is 136 Å². The molecular weight excluding hydrogens is 318 g/mol. The number of carbonyl (C=O) groups excluding carboxylic acids is 2. The molecule has 0 radical (unpaired) electrons. The molecule has 2 atom stereocenters. The molecule has 0 aliphatic carbocycles. The van der Waals surface area contributed by atoms with Crippen molar-refractivity contribution in [3.8, 4) is 0 Å². The number of H-pyrrole nitrogens is 1. The molecule has 2 aromatic heterocycles. The first kappa shape index (κ1) is 17.3. The molecule has 2 N–H and O–H groups in total. The van der Waals surface area contributed by atoms with Crippen LogP contribution in [0.15, 0.2) is 23.8 Å². The molecule has 128 valence electrons. The number of methoxy groups -OCH3 is 1. The van der Waals surface area contributed by atoms with E-state index < -0.39 is 29.8 Å². The minimum Gasteiger partial charge on any atom is -0.453 e. The smallest absolute Gasteiger partial charge is 0.303 e. The topological polar surface area (TPSA) is 128 Å².